The Bertz CT molecular complexity index is 588. The van der Waals surface area contributed by atoms with E-state index in [1.807, 2.05) is 28.8 Å². The summed E-state index contributed by atoms with van der Waals surface area (Å²) >= 11 is 0. The second-order valence-electron chi connectivity index (χ2n) is 5.15. The summed E-state index contributed by atoms with van der Waals surface area (Å²) in [5, 5.41) is 14.5. The predicted molar refractivity (Wildman–Crippen MR) is 75.1 cm³/mol. The number of aromatic nitrogens is 3. The number of hydrogen-bond acceptors (Lipinski definition) is 4. The molecule has 1 aliphatic heterocycles. The first kappa shape index (κ1) is 13.1. The minimum absolute atomic E-state index is 0.0754. The first-order valence-electron chi connectivity index (χ1n) is 7.11. The fourth-order valence-electron chi connectivity index (χ4n) is 2.59. The molecule has 0 spiro atoms. The van der Waals surface area contributed by atoms with Gasteiger partial charge in [-0.2, -0.15) is 0 Å². The van der Waals surface area contributed by atoms with Crippen LogP contribution in [0, 0.1) is 0 Å². The molecule has 20 heavy (non-hydrogen) atoms. The number of pyridine rings is 1. The Morgan fingerprint density at radius 1 is 1.45 bits per heavy atom. The van der Waals surface area contributed by atoms with Gasteiger partial charge in [-0.05, 0) is 37.9 Å². The van der Waals surface area contributed by atoms with Crippen molar-refractivity contribution in [1.29, 1.82) is 0 Å². The van der Waals surface area contributed by atoms with Crippen LogP contribution >= 0.6 is 0 Å². The molecule has 1 unspecified atom stereocenters. The highest BCUT2D eigenvalue weighted by Crippen LogP contribution is 2.10. The van der Waals surface area contributed by atoms with Gasteiger partial charge in [-0.3, -0.25) is 9.20 Å². The Morgan fingerprint density at radius 2 is 2.40 bits per heavy atom. The second-order valence-corrected chi connectivity index (χ2v) is 5.15. The molecule has 3 rings (SSSR count). The largest absolute Gasteiger partial charge is 0.349 e. The first-order chi connectivity index (χ1) is 9.83. The molecule has 2 aromatic heterocycles. The monoisotopic (exact) mass is 273 g/mol. The third-order valence-electron chi connectivity index (χ3n) is 3.71. The van der Waals surface area contributed by atoms with Crippen molar-refractivity contribution in [1.82, 2.24) is 25.2 Å². The summed E-state index contributed by atoms with van der Waals surface area (Å²) in [7, 11) is 0. The van der Waals surface area contributed by atoms with Gasteiger partial charge < -0.3 is 10.6 Å². The van der Waals surface area contributed by atoms with Gasteiger partial charge >= 0.3 is 0 Å². The first-order valence-corrected chi connectivity index (χ1v) is 7.11. The molecule has 6 heteroatoms. The van der Waals surface area contributed by atoms with E-state index in [0.717, 1.165) is 24.4 Å². The maximum atomic E-state index is 11.8. The highest BCUT2D eigenvalue weighted by molar-refractivity contribution is 5.75. The van der Waals surface area contributed by atoms with E-state index in [0.29, 0.717) is 19.0 Å². The van der Waals surface area contributed by atoms with Crippen LogP contribution in [0.25, 0.3) is 5.65 Å². The number of amides is 1. The lowest BCUT2D eigenvalue weighted by Crippen LogP contribution is -2.27. The van der Waals surface area contributed by atoms with E-state index >= 15 is 0 Å². The average molecular weight is 273 g/mol. The van der Waals surface area contributed by atoms with Crippen LogP contribution in [-0.4, -0.2) is 33.1 Å². The van der Waals surface area contributed by atoms with Crippen molar-refractivity contribution >= 4 is 11.6 Å². The average Bonchev–Trinajstić information content (AvgIpc) is 3.12. The highest BCUT2D eigenvalue weighted by atomic mass is 16.1. The molecule has 1 aliphatic rings. The van der Waals surface area contributed by atoms with Crippen molar-refractivity contribution in [3.8, 4) is 0 Å². The van der Waals surface area contributed by atoms with E-state index in [4.69, 9.17) is 0 Å². The summed E-state index contributed by atoms with van der Waals surface area (Å²) in [4.78, 5) is 11.8. The number of rotatable bonds is 5. The molecule has 1 fully saturated rings. The molecule has 0 aliphatic carbocycles. The van der Waals surface area contributed by atoms with Crippen molar-refractivity contribution in [3.63, 3.8) is 0 Å². The lowest BCUT2D eigenvalue weighted by molar-refractivity contribution is -0.121. The Labute approximate surface area is 117 Å². The summed E-state index contributed by atoms with van der Waals surface area (Å²) in [5.74, 6) is 0.833. The summed E-state index contributed by atoms with van der Waals surface area (Å²) in [6.07, 6.45) is 5.78. The van der Waals surface area contributed by atoms with Gasteiger partial charge in [0, 0.05) is 18.7 Å². The zero-order valence-corrected chi connectivity index (χ0v) is 11.4. The van der Waals surface area contributed by atoms with Crippen molar-refractivity contribution in [2.75, 3.05) is 6.54 Å². The maximum absolute atomic E-state index is 11.8. The predicted octanol–water partition coefficient (Wildman–Crippen LogP) is 0.878. The number of nitrogens with one attached hydrogen (secondary N) is 2. The minimum Gasteiger partial charge on any atom is -0.349 e. The molecule has 1 saturated heterocycles. The van der Waals surface area contributed by atoms with Gasteiger partial charge in [0.1, 0.15) is 0 Å². The van der Waals surface area contributed by atoms with E-state index in [-0.39, 0.29) is 5.91 Å². The summed E-state index contributed by atoms with van der Waals surface area (Å²) in [6, 6.07) is 6.24. The number of carbonyl (C=O) groups is 1. The molecule has 1 amide bonds. The normalized spacial score (nSPS) is 18.5. The van der Waals surface area contributed by atoms with Gasteiger partial charge in [0.15, 0.2) is 11.5 Å². The maximum Gasteiger partial charge on any atom is 0.220 e. The number of fused-ring (bicyclic) bond motifs is 1. The molecule has 2 N–H and O–H groups in total. The fraction of sp³-hybridized carbons (Fsp3) is 0.500. The van der Waals surface area contributed by atoms with Crippen LogP contribution < -0.4 is 10.6 Å². The summed E-state index contributed by atoms with van der Waals surface area (Å²) in [6.45, 7) is 1.50. The van der Waals surface area contributed by atoms with Crippen molar-refractivity contribution in [2.24, 2.45) is 0 Å². The SMILES string of the molecule is O=C(CCC1CCCN1)NCc1nnc2ccccn12. The Balaban J connectivity index is 1.49. The molecule has 0 saturated carbocycles. The van der Waals surface area contributed by atoms with Gasteiger partial charge in [-0.1, -0.05) is 6.07 Å². The number of hydrogen-bond donors (Lipinski definition) is 2. The molecule has 1 atom stereocenters. The summed E-state index contributed by atoms with van der Waals surface area (Å²) < 4.78 is 1.89. The van der Waals surface area contributed by atoms with Crippen LogP contribution in [0.1, 0.15) is 31.5 Å². The van der Waals surface area contributed by atoms with E-state index < -0.39 is 0 Å². The van der Waals surface area contributed by atoms with Crippen LogP contribution in [0.4, 0.5) is 0 Å². The molecule has 6 nitrogen and oxygen atoms in total. The van der Waals surface area contributed by atoms with Gasteiger partial charge in [-0.15, -0.1) is 10.2 Å². The quantitative estimate of drug-likeness (QED) is 0.848. The van der Waals surface area contributed by atoms with Gasteiger partial charge in [0.05, 0.1) is 6.54 Å². The zero-order chi connectivity index (χ0) is 13.8. The van der Waals surface area contributed by atoms with Gasteiger partial charge in [0.25, 0.3) is 0 Å². The molecule has 2 aromatic rings. The molecule has 0 aromatic carbocycles. The lowest BCUT2D eigenvalue weighted by Gasteiger charge is -2.09. The van der Waals surface area contributed by atoms with Crippen LogP contribution in [0.15, 0.2) is 24.4 Å². The molecular weight excluding hydrogens is 254 g/mol. The van der Waals surface area contributed by atoms with Crippen molar-refractivity contribution in [3.05, 3.63) is 30.2 Å². The lowest BCUT2D eigenvalue weighted by atomic mass is 10.1. The van der Waals surface area contributed by atoms with Crippen LogP contribution in [-0.2, 0) is 11.3 Å². The smallest absolute Gasteiger partial charge is 0.220 e. The molecular formula is C14H19N5O. The zero-order valence-electron chi connectivity index (χ0n) is 11.4. The topological polar surface area (TPSA) is 71.3 Å². The molecule has 3 heterocycles. The fourth-order valence-corrected chi connectivity index (χ4v) is 2.59. The second kappa shape index (κ2) is 6.00. The summed E-state index contributed by atoms with van der Waals surface area (Å²) in [5.41, 5.74) is 0.798. The van der Waals surface area contributed by atoms with Crippen molar-refractivity contribution in [2.45, 2.75) is 38.3 Å². The van der Waals surface area contributed by atoms with Crippen LogP contribution in [0.2, 0.25) is 0 Å². The van der Waals surface area contributed by atoms with E-state index in [1.165, 1.54) is 12.8 Å². The number of carbonyl (C=O) groups excluding carboxylic acids is 1. The third kappa shape index (κ3) is 2.96. The standard InChI is InChI=1S/C14H19N5O/c20-14(7-6-11-4-3-8-15-11)16-10-13-18-17-12-5-1-2-9-19(12)13/h1-2,5,9,11,15H,3-4,6-8,10H2,(H,16,20). The van der Waals surface area contributed by atoms with Gasteiger partial charge in [0.2, 0.25) is 5.91 Å². The highest BCUT2D eigenvalue weighted by Gasteiger charge is 2.15. The van der Waals surface area contributed by atoms with Crippen LogP contribution in [0.5, 0.6) is 0 Å². The van der Waals surface area contributed by atoms with Crippen molar-refractivity contribution < 1.29 is 4.79 Å². The minimum atomic E-state index is 0.0754. The van der Waals surface area contributed by atoms with E-state index in [2.05, 4.69) is 20.8 Å². The molecule has 106 valence electrons. The van der Waals surface area contributed by atoms with E-state index in [9.17, 15) is 4.79 Å². The Kier molecular flexibility index (Phi) is 3.92. The molecule has 0 radical (unpaired) electrons. The van der Waals surface area contributed by atoms with Crippen LogP contribution in [0.3, 0.4) is 0 Å². The van der Waals surface area contributed by atoms with Gasteiger partial charge in [-0.25, -0.2) is 0 Å². The Hall–Kier alpha value is -1.95. The van der Waals surface area contributed by atoms with E-state index in [1.54, 1.807) is 0 Å². The molecule has 0 bridgehead atoms. The Morgan fingerprint density at radius 3 is 3.25 bits per heavy atom. The number of nitrogens with zero attached hydrogens (tertiary/aromatic N) is 3. The third-order valence-corrected chi connectivity index (χ3v) is 3.71.